The van der Waals surface area contributed by atoms with Crippen LogP contribution < -0.4 is 5.32 Å². The number of amides is 1. The van der Waals surface area contributed by atoms with Gasteiger partial charge in [-0.25, -0.2) is 0 Å². The van der Waals surface area contributed by atoms with Crippen LogP contribution in [0.4, 0.5) is 0 Å². The third kappa shape index (κ3) is 4.94. The lowest BCUT2D eigenvalue weighted by atomic mass is 9.94. The summed E-state index contributed by atoms with van der Waals surface area (Å²) < 4.78 is 5.56. The Balaban J connectivity index is 1.54. The van der Waals surface area contributed by atoms with Gasteiger partial charge in [-0.3, -0.25) is 4.79 Å². The highest BCUT2D eigenvalue weighted by atomic mass is 16.5. The fourth-order valence-electron chi connectivity index (χ4n) is 2.35. The summed E-state index contributed by atoms with van der Waals surface area (Å²) in [5, 5.41) is 3.33. The van der Waals surface area contributed by atoms with Gasteiger partial charge < -0.3 is 15.0 Å². The Morgan fingerprint density at radius 2 is 1.94 bits per heavy atom. The zero-order chi connectivity index (χ0) is 12.8. The van der Waals surface area contributed by atoms with Crippen LogP contribution in [0.2, 0.25) is 0 Å². The normalized spacial score (nSPS) is 20.9. The van der Waals surface area contributed by atoms with E-state index >= 15 is 0 Å². The van der Waals surface area contributed by atoms with E-state index in [0.717, 1.165) is 45.0 Å². The molecule has 0 aromatic carbocycles. The van der Waals surface area contributed by atoms with E-state index in [0.29, 0.717) is 18.9 Å². The van der Waals surface area contributed by atoms with Crippen LogP contribution in [-0.2, 0) is 9.53 Å². The van der Waals surface area contributed by atoms with E-state index in [1.165, 1.54) is 12.8 Å². The molecular formula is C14H26N2O2. The first-order chi connectivity index (χ1) is 8.75. The van der Waals surface area contributed by atoms with Crippen molar-refractivity contribution in [3.63, 3.8) is 0 Å². The molecule has 1 amide bonds. The molecule has 0 radical (unpaired) electrons. The maximum absolute atomic E-state index is 12.0. The van der Waals surface area contributed by atoms with Crippen molar-refractivity contribution in [1.29, 1.82) is 0 Å². The highest BCUT2D eigenvalue weighted by molar-refractivity contribution is 5.76. The number of nitrogens with one attached hydrogen (secondary N) is 1. The summed E-state index contributed by atoms with van der Waals surface area (Å²) >= 11 is 0. The summed E-state index contributed by atoms with van der Waals surface area (Å²) in [5.41, 5.74) is 0. The van der Waals surface area contributed by atoms with Crippen LogP contribution >= 0.6 is 0 Å². The zero-order valence-corrected chi connectivity index (χ0v) is 11.5. The number of piperidine rings is 1. The van der Waals surface area contributed by atoms with E-state index < -0.39 is 0 Å². The first-order valence-electron chi connectivity index (χ1n) is 7.28. The van der Waals surface area contributed by atoms with Crippen LogP contribution in [0.5, 0.6) is 0 Å². The standard InChI is InChI=1S/C14H26N2O2/c1-16(8-9-18-11-13-2-3-13)14(17)10-12-4-6-15-7-5-12/h12-13,15H,2-11H2,1H3. The second-order valence-electron chi connectivity index (χ2n) is 5.73. The number of likely N-dealkylation sites (N-methyl/N-ethyl adjacent to an activating group) is 1. The molecular weight excluding hydrogens is 228 g/mol. The van der Waals surface area contributed by atoms with Crippen molar-refractivity contribution >= 4 is 5.91 Å². The molecule has 0 spiro atoms. The Bertz CT molecular complexity index is 261. The van der Waals surface area contributed by atoms with Crippen LogP contribution in [0.1, 0.15) is 32.1 Å². The molecule has 1 saturated carbocycles. The molecule has 18 heavy (non-hydrogen) atoms. The van der Waals surface area contributed by atoms with Gasteiger partial charge in [0.25, 0.3) is 0 Å². The Labute approximate surface area is 110 Å². The predicted octanol–water partition coefficient (Wildman–Crippen LogP) is 1.26. The summed E-state index contributed by atoms with van der Waals surface area (Å²) in [4.78, 5) is 13.8. The maximum atomic E-state index is 12.0. The molecule has 1 saturated heterocycles. The topological polar surface area (TPSA) is 41.6 Å². The minimum Gasteiger partial charge on any atom is -0.379 e. The minimum absolute atomic E-state index is 0.275. The summed E-state index contributed by atoms with van der Waals surface area (Å²) in [5.74, 6) is 1.66. The smallest absolute Gasteiger partial charge is 0.222 e. The Kier molecular flexibility index (Phi) is 5.45. The second-order valence-corrected chi connectivity index (χ2v) is 5.73. The molecule has 0 aromatic heterocycles. The lowest BCUT2D eigenvalue weighted by Crippen LogP contribution is -2.34. The molecule has 0 atom stereocenters. The molecule has 2 fully saturated rings. The molecule has 2 aliphatic rings. The van der Waals surface area contributed by atoms with Gasteiger partial charge in [-0.1, -0.05) is 0 Å². The van der Waals surface area contributed by atoms with Crippen LogP contribution in [0.3, 0.4) is 0 Å². The SMILES string of the molecule is CN(CCOCC1CC1)C(=O)CC1CCNCC1. The average Bonchev–Trinajstić information content (AvgIpc) is 3.19. The molecule has 1 heterocycles. The number of hydrogen-bond acceptors (Lipinski definition) is 3. The molecule has 4 nitrogen and oxygen atoms in total. The van der Waals surface area contributed by atoms with Crippen LogP contribution in [0.15, 0.2) is 0 Å². The average molecular weight is 254 g/mol. The fourth-order valence-corrected chi connectivity index (χ4v) is 2.35. The third-order valence-corrected chi connectivity index (χ3v) is 3.97. The number of nitrogens with zero attached hydrogens (tertiary/aromatic N) is 1. The van der Waals surface area contributed by atoms with Gasteiger partial charge in [-0.15, -0.1) is 0 Å². The maximum Gasteiger partial charge on any atom is 0.222 e. The molecule has 0 aromatic rings. The highest BCUT2D eigenvalue weighted by Gasteiger charge is 2.21. The van der Waals surface area contributed by atoms with Crippen LogP contribution in [-0.4, -0.2) is 50.7 Å². The number of carbonyl (C=O) groups is 1. The van der Waals surface area contributed by atoms with Gasteiger partial charge in [-0.2, -0.15) is 0 Å². The van der Waals surface area contributed by atoms with Crippen molar-refractivity contribution in [2.24, 2.45) is 11.8 Å². The first-order valence-corrected chi connectivity index (χ1v) is 7.28. The fraction of sp³-hybridized carbons (Fsp3) is 0.929. The highest BCUT2D eigenvalue weighted by Crippen LogP contribution is 2.28. The molecule has 4 heteroatoms. The van der Waals surface area contributed by atoms with E-state index in [-0.39, 0.29) is 5.91 Å². The van der Waals surface area contributed by atoms with Crippen molar-refractivity contribution in [3.8, 4) is 0 Å². The molecule has 0 unspecified atom stereocenters. The van der Waals surface area contributed by atoms with Gasteiger partial charge in [-0.05, 0) is 50.6 Å². The minimum atomic E-state index is 0.275. The molecule has 104 valence electrons. The molecule has 0 bridgehead atoms. The first kappa shape index (κ1) is 13.8. The van der Waals surface area contributed by atoms with Crippen molar-refractivity contribution in [1.82, 2.24) is 10.2 Å². The van der Waals surface area contributed by atoms with Crippen molar-refractivity contribution in [2.45, 2.75) is 32.1 Å². The largest absolute Gasteiger partial charge is 0.379 e. The lowest BCUT2D eigenvalue weighted by molar-refractivity contribution is -0.131. The van der Waals surface area contributed by atoms with Crippen molar-refractivity contribution in [3.05, 3.63) is 0 Å². The molecule has 1 N–H and O–H groups in total. The van der Waals surface area contributed by atoms with Gasteiger partial charge in [0, 0.05) is 26.6 Å². The van der Waals surface area contributed by atoms with Gasteiger partial charge in [0.05, 0.1) is 6.61 Å². The molecule has 1 aliphatic carbocycles. The van der Waals surface area contributed by atoms with Crippen molar-refractivity contribution in [2.75, 3.05) is 39.9 Å². The molecule has 1 aliphatic heterocycles. The van der Waals surface area contributed by atoms with Gasteiger partial charge in [0.1, 0.15) is 0 Å². The van der Waals surface area contributed by atoms with Gasteiger partial charge in [0.15, 0.2) is 0 Å². The van der Waals surface area contributed by atoms with E-state index in [2.05, 4.69) is 5.32 Å². The predicted molar refractivity (Wildman–Crippen MR) is 71.4 cm³/mol. The van der Waals surface area contributed by atoms with E-state index in [9.17, 15) is 4.79 Å². The Morgan fingerprint density at radius 1 is 1.22 bits per heavy atom. The van der Waals surface area contributed by atoms with Gasteiger partial charge in [0.2, 0.25) is 5.91 Å². The van der Waals surface area contributed by atoms with Crippen LogP contribution in [0.25, 0.3) is 0 Å². The number of ether oxygens (including phenoxy) is 1. The Hall–Kier alpha value is -0.610. The number of hydrogen-bond donors (Lipinski definition) is 1. The monoisotopic (exact) mass is 254 g/mol. The number of rotatable bonds is 7. The van der Waals surface area contributed by atoms with Gasteiger partial charge >= 0.3 is 0 Å². The summed E-state index contributed by atoms with van der Waals surface area (Å²) in [6, 6.07) is 0. The summed E-state index contributed by atoms with van der Waals surface area (Å²) in [6.45, 7) is 4.43. The molecule has 2 rings (SSSR count). The Morgan fingerprint density at radius 3 is 2.61 bits per heavy atom. The lowest BCUT2D eigenvalue weighted by Gasteiger charge is -2.24. The van der Waals surface area contributed by atoms with E-state index in [1.54, 1.807) is 0 Å². The van der Waals surface area contributed by atoms with E-state index in [1.807, 2.05) is 11.9 Å². The number of carbonyl (C=O) groups excluding carboxylic acids is 1. The third-order valence-electron chi connectivity index (χ3n) is 3.97. The second kappa shape index (κ2) is 7.10. The summed E-state index contributed by atoms with van der Waals surface area (Å²) in [6.07, 6.45) is 5.63. The van der Waals surface area contributed by atoms with E-state index in [4.69, 9.17) is 4.74 Å². The summed E-state index contributed by atoms with van der Waals surface area (Å²) in [7, 11) is 1.89. The van der Waals surface area contributed by atoms with Crippen molar-refractivity contribution < 1.29 is 9.53 Å². The quantitative estimate of drug-likeness (QED) is 0.696. The van der Waals surface area contributed by atoms with Crippen LogP contribution in [0, 0.1) is 11.8 Å². The zero-order valence-electron chi connectivity index (χ0n) is 11.5.